The van der Waals surface area contributed by atoms with Gasteiger partial charge in [-0.1, -0.05) is 0 Å². The lowest BCUT2D eigenvalue weighted by atomic mass is 10.0. The van der Waals surface area contributed by atoms with E-state index in [0.717, 1.165) is 0 Å². The molecule has 1 saturated heterocycles. The molecule has 1 fully saturated rings. The van der Waals surface area contributed by atoms with Crippen molar-refractivity contribution in [1.29, 1.82) is 0 Å². The number of aliphatic hydroxyl groups is 5. The Morgan fingerprint density at radius 3 is 2.23 bits per heavy atom. The van der Waals surface area contributed by atoms with Crippen LogP contribution in [0.1, 0.15) is 0 Å². The molecule has 1 heterocycles. The number of hydrogen-bond acceptors (Lipinski definition) is 6. The highest BCUT2D eigenvalue weighted by atomic mass is 16.4. The van der Waals surface area contributed by atoms with Gasteiger partial charge < -0.3 is 25.5 Å². The molecular weight excluding hydrogens is 178 g/mol. The first kappa shape index (κ1) is 10.8. The van der Waals surface area contributed by atoms with Crippen LogP contribution in [0.3, 0.4) is 0 Å². The van der Waals surface area contributed by atoms with Gasteiger partial charge in [-0.2, -0.15) is 0 Å². The van der Waals surface area contributed by atoms with Crippen molar-refractivity contribution >= 4 is 0 Å². The lowest BCUT2D eigenvalue weighted by molar-refractivity contribution is -0.195. The summed E-state index contributed by atoms with van der Waals surface area (Å²) in [5.41, 5.74) is 0. The van der Waals surface area contributed by atoms with Crippen molar-refractivity contribution in [3.63, 3.8) is 0 Å². The Hall–Kier alpha value is -0.240. The molecule has 1 aliphatic rings. The van der Waals surface area contributed by atoms with E-state index in [-0.39, 0.29) is 19.7 Å². The Labute approximate surface area is 75.7 Å². The standard InChI is InChI=1S/C7H15NO5/c9-2-1-8-3-4(10)5(11)6(12)7(8)13/h4-7,9-13H,1-3H2. The fourth-order valence-corrected chi connectivity index (χ4v) is 1.43. The molecule has 13 heavy (non-hydrogen) atoms. The summed E-state index contributed by atoms with van der Waals surface area (Å²) in [5.74, 6) is 0. The third-order valence-corrected chi connectivity index (χ3v) is 2.23. The number of hydrogen-bond donors (Lipinski definition) is 5. The predicted octanol–water partition coefficient (Wildman–Crippen LogP) is -3.30. The monoisotopic (exact) mass is 193 g/mol. The van der Waals surface area contributed by atoms with Gasteiger partial charge in [0, 0.05) is 13.1 Å². The Bertz CT molecular complexity index is 167. The van der Waals surface area contributed by atoms with E-state index in [4.69, 9.17) is 10.2 Å². The van der Waals surface area contributed by atoms with Crippen LogP contribution in [0.5, 0.6) is 0 Å². The summed E-state index contributed by atoms with van der Waals surface area (Å²) in [4.78, 5) is 1.31. The van der Waals surface area contributed by atoms with Crippen molar-refractivity contribution < 1.29 is 25.5 Å². The second-order valence-corrected chi connectivity index (χ2v) is 3.18. The highest BCUT2D eigenvalue weighted by Crippen LogP contribution is 2.16. The fraction of sp³-hybridized carbons (Fsp3) is 1.00. The summed E-state index contributed by atoms with van der Waals surface area (Å²) < 4.78 is 0. The van der Waals surface area contributed by atoms with Crippen LogP contribution in [0.25, 0.3) is 0 Å². The van der Waals surface area contributed by atoms with Crippen molar-refractivity contribution in [2.24, 2.45) is 0 Å². The molecular formula is C7H15NO5. The van der Waals surface area contributed by atoms with Crippen molar-refractivity contribution in [2.75, 3.05) is 19.7 Å². The predicted molar refractivity (Wildman–Crippen MR) is 42.7 cm³/mol. The van der Waals surface area contributed by atoms with Gasteiger partial charge in [-0.3, -0.25) is 4.90 Å². The lowest BCUT2D eigenvalue weighted by Gasteiger charge is -2.40. The molecule has 4 atom stereocenters. The SMILES string of the molecule is OCCN1CC(O)C(O)C(O)C1O. The second-order valence-electron chi connectivity index (χ2n) is 3.18. The van der Waals surface area contributed by atoms with Crippen LogP contribution >= 0.6 is 0 Å². The van der Waals surface area contributed by atoms with Gasteiger partial charge in [0.2, 0.25) is 0 Å². The number of aliphatic hydroxyl groups excluding tert-OH is 5. The summed E-state index contributed by atoms with van der Waals surface area (Å²) in [7, 11) is 0. The molecule has 6 heteroatoms. The fourth-order valence-electron chi connectivity index (χ4n) is 1.43. The van der Waals surface area contributed by atoms with Crippen molar-refractivity contribution in [1.82, 2.24) is 4.90 Å². The van der Waals surface area contributed by atoms with Crippen LogP contribution in [0, 0.1) is 0 Å². The van der Waals surface area contributed by atoms with E-state index < -0.39 is 24.5 Å². The van der Waals surface area contributed by atoms with E-state index in [1.54, 1.807) is 0 Å². The minimum absolute atomic E-state index is 0.0416. The maximum Gasteiger partial charge on any atom is 0.136 e. The van der Waals surface area contributed by atoms with E-state index in [2.05, 4.69) is 0 Å². The first-order valence-corrected chi connectivity index (χ1v) is 4.15. The Morgan fingerprint density at radius 1 is 1.08 bits per heavy atom. The van der Waals surface area contributed by atoms with Crippen molar-refractivity contribution in [3.05, 3.63) is 0 Å². The molecule has 0 aliphatic carbocycles. The van der Waals surface area contributed by atoms with Crippen LogP contribution in [0.15, 0.2) is 0 Å². The summed E-state index contributed by atoms with van der Waals surface area (Å²) in [6, 6.07) is 0. The van der Waals surface area contributed by atoms with Gasteiger partial charge in [0.05, 0.1) is 12.7 Å². The molecule has 0 aromatic carbocycles. The van der Waals surface area contributed by atoms with E-state index >= 15 is 0 Å². The van der Waals surface area contributed by atoms with Crippen LogP contribution < -0.4 is 0 Å². The van der Waals surface area contributed by atoms with Crippen molar-refractivity contribution in [2.45, 2.75) is 24.5 Å². The molecule has 6 nitrogen and oxygen atoms in total. The van der Waals surface area contributed by atoms with Crippen LogP contribution in [-0.4, -0.2) is 74.7 Å². The molecule has 0 aromatic heterocycles. The Kier molecular flexibility index (Phi) is 3.60. The van der Waals surface area contributed by atoms with Crippen LogP contribution in [0.2, 0.25) is 0 Å². The highest BCUT2D eigenvalue weighted by Gasteiger charge is 2.39. The van der Waals surface area contributed by atoms with E-state index in [1.807, 2.05) is 0 Å². The smallest absolute Gasteiger partial charge is 0.136 e. The Morgan fingerprint density at radius 2 is 1.69 bits per heavy atom. The zero-order chi connectivity index (χ0) is 10.0. The maximum atomic E-state index is 9.35. The van der Waals surface area contributed by atoms with Crippen molar-refractivity contribution in [3.8, 4) is 0 Å². The minimum atomic E-state index is -1.39. The molecule has 78 valence electrons. The van der Waals surface area contributed by atoms with E-state index in [0.29, 0.717) is 0 Å². The normalized spacial score (nSPS) is 42.2. The number of rotatable bonds is 2. The zero-order valence-corrected chi connectivity index (χ0v) is 7.11. The van der Waals surface area contributed by atoms with Crippen LogP contribution in [-0.2, 0) is 0 Å². The summed E-state index contributed by atoms with van der Waals surface area (Å²) in [5, 5.41) is 45.5. The summed E-state index contributed by atoms with van der Waals surface area (Å²) >= 11 is 0. The van der Waals surface area contributed by atoms with Gasteiger partial charge >= 0.3 is 0 Å². The lowest BCUT2D eigenvalue weighted by Crippen LogP contribution is -2.61. The second kappa shape index (κ2) is 4.32. The van der Waals surface area contributed by atoms with Gasteiger partial charge in [0.1, 0.15) is 18.4 Å². The average Bonchev–Trinajstić information content (AvgIpc) is 2.11. The highest BCUT2D eigenvalue weighted by molar-refractivity contribution is 4.89. The molecule has 0 amide bonds. The third kappa shape index (κ3) is 2.16. The minimum Gasteiger partial charge on any atom is -0.395 e. The van der Waals surface area contributed by atoms with E-state index in [1.165, 1.54) is 4.90 Å². The van der Waals surface area contributed by atoms with E-state index in [9.17, 15) is 15.3 Å². The maximum absolute atomic E-state index is 9.35. The van der Waals surface area contributed by atoms with Gasteiger partial charge in [0.15, 0.2) is 0 Å². The molecule has 0 saturated carbocycles. The summed E-state index contributed by atoms with van der Waals surface area (Å²) in [6.07, 6.45) is -5.05. The van der Waals surface area contributed by atoms with Crippen LogP contribution in [0.4, 0.5) is 0 Å². The first-order chi connectivity index (χ1) is 6.07. The molecule has 5 N–H and O–H groups in total. The zero-order valence-electron chi connectivity index (χ0n) is 7.11. The first-order valence-electron chi connectivity index (χ1n) is 4.15. The topological polar surface area (TPSA) is 104 Å². The average molecular weight is 193 g/mol. The molecule has 0 radical (unpaired) electrons. The Balaban J connectivity index is 2.59. The van der Waals surface area contributed by atoms with Gasteiger partial charge in [-0.15, -0.1) is 0 Å². The molecule has 0 spiro atoms. The number of β-amino-alcohol motifs (C(OH)–C–C–N with tert-alkyl or cyclic N) is 2. The van der Waals surface area contributed by atoms with Gasteiger partial charge in [0.25, 0.3) is 0 Å². The molecule has 1 rings (SSSR count). The molecule has 4 unspecified atom stereocenters. The van der Waals surface area contributed by atoms with Gasteiger partial charge in [-0.05, 0) is 0 Å². The molecule has 1 aliphatic heterocycles. The quantitative estimate of drug-likeness (QED) is 0.314. The van der Waals surface area contributed by atoms with Gasteiger partial charge in [-0.25, -0.2) is 0 Å². The largest absolute Gasteiger partial charge is 0.395 e. The number of nitrogens with zero attached hydrogens (tertiary/aromatic N) is 1. The summed E-state index contributed by atoms with van der Waals surface area (Å²) in [6.45, 7) is 0.0224. The number of likely N-dealkylation sites (tertiary alicyclic amines) is 1. The molecule has 0 aromatic rings. The molecule has 0 bridgehead atoms. The number of piperidine rings is 1. The third-order valence-electron chi connectivity index (χ3n) is 2.23.